The molecule has 0 amide bonds. The van der Waals surface area contributed by atoms with Crippen LogP contribution < -0.4 is 5.32 Å². The third-order valence-corrected chi connectivity index (χ3v) is 5.16. The molecule has 126 valence electrons. The molecule has 1 aliphatic heterocycles. The van der Waals surface area contributed by atoms with Crippen LogP contribution in [0.4, 0.5) is 0 Å². The lowest BCUT2D eigenvalue weighted by atomic mass is 9.80. The molecule has 0 unspecified atom stereocenters. The van der Waals surface area contributed by atoms with Crippen LogP contribution in [0.2, 0.25) is 0 Å². The maximum absolute atomic E-state index is 5.31. The Labute approximate surface area is 132 Å². The summed E-state index contributed by atoms with van der Waals surface area (Å²) in [6.07, 6.45) is 5.10. The second kappa shape index (κ2) is 8.50. The zero-order valence-electron chi connectivity index (χ0n) is 15.3. The molecule has 21 heavy (non-hydrogen) atoms. The molecule has 0 aliphatic carbocycles. The fourth-order valence-corrected chi connectivity index (χ4v) is 3.25. The quantitative estimate of drug-likeness (QED) is 0.742. The molecule has 1 rings (SSSR count). The van der Waals surface area contributed by atoms with Crippen molar-refractivity contribution < 1.29 is 4.74 Å². The van der Waals surface area contributed by atoms with Crippen molar-refractivity contribution in [1.29, 1.82) is 0 Å². The van der Waals surface area contributed by atoms with Crippen LogP contribution in [-0.2, 0) is 4.74 Å². The van der Waals surface area contributed by atoms with Crippen molar-refractivity contribution in [2.24, 2.45) is 11.3 Å². The Kier molecular flexibility index (Phi) is 7.66. The fraction of sp³-hybridized carbons (Fsp3) is 1.00. The van der Waals surface area contributed by atoms with Crippen molar-refractivity contribution in [3.05, 3.63) is 0 Å². The maximum atomic E-state index is 5.31. The van der Waals surface area contributed by atoms with E-state index in [2.05, 4.69) is 44.8 Å². The highest BCUT2D eigenvalue weighted by Gasteiger charge is 2.31. The highest BCUT2D eigenvalue weighted by molar-refractivity contribution is 4.87. The Bertz CT molecular complexity index is 273. The molecule has 0 aromatic carbocycles. The molecule has 3 heteroatoms. The highest BCUT2D eigenvalue weighted by Crippen LogP contribution is 2.29. The number of hydrogen-bond donors (Lipinski definition) is 1. The van der Waals surface area contributed by atoms with Gasteiger partial charge in [0.15, 0.2) is 0 Å². The molecule has 1 fully saturated rings. The minimum atomic E-state index is 0.209. The Morgan fingerprint density at radius 3 is 2.10 bits per heavy atom. The average molecular weight is 299 g/mol. The van der Waals surface area contributed by atoms with Gasteiger partial charge in [-0.15, -0.1) is 0 Å². The van der Waals surface area contributed by atoms with Crippen LogP contribution >= 0.6 is 0 Å². The van der Waals surface area contributed by atoms with E-state index in [9.17, 15) is 0 Å². The normalized spacial score (nSPS) is 19.1. The van der Waals surface area contributed by atoms with Gasteiger partial charge in [0.1, 0.15) is 0 Å². The van der Waals surface area contributed by atoms with Gasteiger partial charge < -0.3 is 15.0 Å². The Morgan fingerprint density at radius 2 is 1.67 bits per heavy atom. The summed E-state index contributed by atoms with van der Waals surface area (Å²) in [6.45, 7) is 17.3. The molecule has 0 atom stereocenters. The van der Waals surface area contributed by atoms with E-state index in [1.54, 1.807) is 0 Å². The second-order valence-electron chi connectivity index (χ2n) is 7.99. The molecule has 1 aliphatic rings. The van der Waals surface area contributed by atoms with Crippen LogP contribution in [0.5, 0.6) is 0 Å². The maximum Gasteiger partial charge on any atom is 0.0491 e. The predicted molar refractivity (Wildman–Crippen MR) is 91.8 cm³/mol. The van der Waals surface area contributed by atoms with Gasteiger partial charge >= 0.3 is 0 Å². The Balaban J connectivity index is 2.50. The van der Waals surface area contributed by atoms with Crippen LogP contribution in [-0.4, -0.2) is 50.3 Å². The minimum absolute atomic E-state index is 0.209. The molecular formula is C18H38N2O. The number of rotatable bonds is 8. The first-order valence-electron chi connectivity index (χ1n) is 8.80. The largest absolute Gasteiger partial charge is 0.384 e. The number of likely N-dealkylation sites (tertiary alicyclic amines) is 1. The van der Waals surface area contributed by atoms with Crippen molar-refractivity contribution in [2.45, 2.75) is 65.8 Å². The number of piperidine rings is 1. The minimum Gasteiger partial charge on any atom is -0.384 e. The lowest BCUT2D eigenvalue weighted by Gasteiger charge is -2.42. The number of hydrogen-bond acceptors (Lipinski definition) is 3. The summed E-state index contributed by atoms with van der Waals surface area (Å²) in [5, 5.41) is 3.74. The third kappa shape index (κ3) is 6.66. The molecule has 1 saturated heterocycles. The van der Waals surface area contributed by atoms with Crippen molar-refractivity contribution >= 4 is 0 Å². The molecule has 0 aromatic rings. The third-order valence-electron chi connectivity index (χ3n) is 5.16. The van der Waals surface area contributed by atoms with Crippen molar-refractivity contribution in [1.82, 2.24) is 10.2 Å². The molecule has 3 nitrogen and oxygen atoms in total. The Morgan fingerprint density at radius 1 is 1.10 bits per heavy atom. The number of nitrogens with zero attached hydrogens (tertiary/aromatic N) is 1. The molecule has 0 spiro atoms. The van der Waals surface area contributed by atoms with E-state index in [0.29, 0.717) is 5.41 Å². The van der Waals surface area contributed by atoms with E-state index >= 15 is 0 Å². The van der Waals surface area contributed by atoms with Gasteiger partial charge in [-0.25, -0.2) is 0 Å². The van der Waals surface area contributed by atoms with Crippen LogP contribution in [0.25, 0.3) is 0 Å². The predicted octanol–water partition coefficient (Wildman–Crippen LogP) is 3.54. The second-order valence-corrected chi connectivity index (χ2v) is 7.99. The molecule has 0 saturated carbocycles. The zero-order chi connectivity index (χ0) is 15.9. The van der Waals surface area contributed by atoms with Crippen LogP contribution in [0, 0.1) is 11.3 Å². The van der Waals surface area contributed by atoms with Gasteiger partial charge in [-0.05, 0) is 70.9 Å². The molecule has 0 bridgehead atoms. The van der Waals surface area contributed by atoms with Gasteiger partial charge in [0.2, 0.25) is 0 Å². The van der Waals surface area contributed by atoms with Crippen molar-refractivity contribution in [2.75, 3.05) is 39.9 Å². The summed E-state index contributed by atoms with van der Waals surface area (Å²) in [4.78, 5) is 2.68. The summed E-state index contributed by atoms with van der Waals surface area (Å²) in [6, 6.07) is 0. The first kappa shape index (κ1) is 18.9. The fourth-order valence-electron chi connectivity index (χ4n) is 3.25. The molecule has 0 radical (unpaired) electrons. The van der Waals surface area contributed by atoms with Crippen LogP contribution in [0.1, 0.15) is 60.3 Å². The van der Waals surface area contributed by atoms with Crippen molar-refractivity contribution in [3.63, 3.8) is 0 Å². The summed E-state index contributed by atoms with van der Waals surface area (Å²) < 4.78 is 5.31. The molecule has 0 aromatic heterocycles. The number of ether oxygens (including phenoxy) is 1. The SMILES string of the molecule is CCC(CC)(CNC(C)(C)C)CN1CCC(COC)CC1. The lowest BCUT2D eigenvalue weighted by molar-refractivity contribution is 0.0667. The lowest BCUT2D eigenvalue weighted by Crippen LogP contribution is -2.50. The monoisotopic (exact) mass is 298 g/mol. The summed E-state index contributed by atoms with van der Waals surface area (Å²) in [7, 11) is 1.82. The van der Waals surface area contributed by atoms with E-state index in [-0.39, 0.29) is 5.54 Å². The van der Waals surface area contributed by atoms with Crippen molar-refractivity contribution in [3.8, 4) is 0 Å². The van der Waals surface area contributed by atoms with Gasteiger partial charge in [-0.1, -0.05) is 13.8 Å². The first-order valence-corrected chi connectivity index (χ1v) is 8.80. The smallest absolute Gasteiger partial charge is 0.0491 e. The van der Waals surface area contributed by atoms with Crippen LogP contribution in [0.15, 0.2) is 0 Å². The van der Waals surface area contributed by atoms with Gasteiger partial charge in [0.05, 0.1) is 0 Å². The number of nitrogens with one attached hydrogen (secondary N) is 1. The van der Waals surface area contributed by atoms with E-state index in [0.717, 1.165) is 19.1 Å². The zero-order valence-corrected chi connectivity index (χ0v) is 15.3. The standard InChI is InChI=1S/C18H38N2O/c1-7-18(8-2,14-19-17(3,4)5)15-20-11-9-16(10-12-20)13-21-6/h16,19H,7-15H2,1-6H3. The summed E-state index contributed by atoms with van der Waals surface area (Å²) in [5.41, 5.74) is 0.627. The highest BCUT2D eigenvalue weighted by atomic mass is 16.5. The summed E-state index contributed by atoms with van der Waals surface area (Å²) >= 11 is 0. The summed E-state index contributed by atoms with van der Waals surface area (Å²) in [5.74, 6) is 0.775. The average Bonchev–Trinajstić information content (AvgIpc) is 2.45. The van der Waals surface area contributed by atoms with Gasteiger partial charge in [-0.3, -0.25) is 0 Å². The molecule has 1 heterocycles. The number of methoxy groups -OCH3 is 1. The molecular weight excluding hydrogens is 260 g/mol. The van der Waals surface area contributed by atoms with Gasteiger partial charge in [0.25, 0.3) is 0 Å². The van der Waals surface area contributed by atoms with E-state index < -0.39 is 0 Å². The van der Waals surface area contributed by atoms with Crippen LogP contribution in [0.3, 0.4) is 0 Å². The van der Waals surface area contributed by atoms with Gasteiger partial charge in [-0.2, -0.15) is 0 Å². The van der Waals surface area contributed by atoms with Gasteiger partial charge in [0, 0.05) is 32.3 Å². The molecule has 1 N–H and O–H groups in total. The Hall–Kier alpha value is -0.120. The topological polar surface area (TPSA) is 24.5 Å². The van der Waals surface area contributed by atoms with E-state index in [1.165, 1.54) is 45.3 Å². The first-order chi connectivity index (χ1) is 9.84. The van der Waals surface area contributed by atoms with E-state index in [1.807, 2.05) is 7.11 Å². The van der Waals surface area contributed by atoms with E-state index in [4.69, 9.17) is 4.74 Å².